The summed E-state index contributed by atoms with van der Waals surface area (Å²) in [5, 5.41) is 9.28. The van der Waals surface area contributed by atoms with Crippen molar-refractivity contribution in [3.8, 4) is 11.3 Å². The molecule has 0 N–H and O–H groups in total. The number of pyridine rings is 1. The molecule has 2 aromatic heterocycles. The second-order valence-corrected chi connectivity index (χ2v) is 4.28. The van der Waals surface area contributed by atoms with Crippen molar-refractivity contribution in [2.45, 2.75) is 0 Å². The summed E-state index contributed by atoms with van der Waals surface area (Å²) in [5.74, 6) is 0. The van der Waals surface area contributed by atoms with Crippen LogP contribution < -0.4 is 0 Å². The first-order valence-electron chi connectivity index (χ1n) is 4.77. The highest BCUT2D eigenvalue weighted by atomic mass is 35.5. The van der Waals surface area contributed by atoms with Crippen LogP contribution in [0.25, 0.3) is 22.2 Å². The van der Waals surface area contributed by atoms with Crippen molar-refractivity contribution in [2.24, 2.45) is 0 Å². The Balaban J connectivity index is 2.40. The van der Waals surface area contributed by atoms with Gasteiger partial charge in [0.15, 0.2) is 6.26 Å². The summed E-state index contributed by atoms with van der Waals surface area (Å²) in [6.07, 6.45) is 2.99. The van der Waals surface area contributed by atoms with Crippen LogP contribution in [0.3, 0.4) is 0 Å². The molecule has 84 valence electrons. The van der Waals surface area contributed by atoms with Crippen LogP contribution in [0, 0.1) is 0 Å². The van der Waals surface area contributed by atoms with E-state index in [-0.39, 0.29) is 0 Å². The van der Waals surface area contributed by atoms with Crippen molar-refractivity contribution in [1.82, 2.24) is 15.4 Å². The minimum Gasteiger partial charge on any atom is -0.345 e. The molecule has 0 saturated carbocycles. The fourth-order valence-corrected chi connectivity index (χ4v) is 2.08. The predicted octanol–water partition coefficient (Wildman–Crippen LogP) is 3.59. The van der Waals surface area contributed by atoms with Crippen LogP contribution in [-0.4, -0.2) is 15.4 Å². The van der Waals surface area contributed by atoms with E-state index in [9.17, 15) is 0 Å². The van der Waals surface area contributed by atoms with Crippen LogP contribution in [-0.2, 0) is 0 Å². The summed E-state index contributed by atoms with van der Waals surface area (Å²) >= 11 is 12.0. The first-order valence-corrected chi connectivity index (χ1v) is 5.52. The molecule has 0 spiro atoms. The van der Waals surface area contributed by atoms with Crippen LogP contribution in [0.15, 0.2) is 35.2 Å². The Labute approximate surface area is 106 Å². The standard InChI is InChI=1S/C11H5Cl2N3O/c12-7-3-6-1-2-8(13)10(11(6)14-4-7)9-5-17-16-15-9/h1-5H. The van der Waals surface area contributed by atoms with Gasteiger partial charge in [0.1, 0.15) is 5.69 Å². The fraction of sp³-hybridized carbons (Fsp3) is 0. The zero-order valence-electron chi connectivity index (χ0n) is 8.39. The lowest BCUT2D eigenvalue weighted by Crippen LogP contribution is -1.87. The molecule has 0 amide bonds. The summed E-state index contributed by atoms with van der Waals surface area (Å²) < 4.78 is 4.72. The maximum atomic E-state index is 6.15. The average Bonchev–Trinajstić information content (AvgIpc) is 2.82. The van der Waals surface area contributed by atoms with E-state index in [1.54, 1.807) is 12.3 Å². The van der Waals surface area contributed by atoms with Gasteiger partial charge < -0.3 is 4.52 Å². The molecule has 0 fully saturated rings. The lowest BCUT2D eigenvalue weighted by Gasteiger charge is -2.04. The molecule has 0 aliphatic rings. The smallest absolute Gasteiger partial charge is 0.152 e. The van der Waals surface area contributed by atoms with Crippen molar-refractivity contribution < 1.29 is 4.52 Å². The maximum absolute atomic E-state index is 6.15. The lowest BCUT2D eigenvalue weighted by atomic mass is 10.1. The molecule has 0 saturated heterocycles. The third-order valence-electron chi connectivity index (χ3n) is 2.38. The minimum atomic E-state index is 0.544. The first kappa shape index (κ1) is 10.5. The number of nitrogens with zero attached hydrogens (tertiary/aromatic N) is 3. The van der Waals surface area contributed by atoms with E-state index in [2.05, 4.69) is 15.4 Å². The maximum Gasteiger partial charge on any atom is 0.152 e. The summed E-state index contributed by atoms with van der Waals surface area (Å²) in [6.45, 7) is 0. The summed E-state index contributed by atoms with van der Waals surface area (Å²) in [5.41, 5.74) is 1.97. The Morgan fingerprint density at radius 3 is 2.82 bits per heavy atom. The molecule has 17 heavy (non-hydrogen) atoms. The van der Waals surface area contributed by atoms with E-state index in [0.29, 0.717) is 21.3 Å². The fourth-order valence-electron chi connectivity index (χ4n) is 1.67. The topological polar surface area (TPSA) is 51.8 Å². The molecular formula is C11H5Cl2N3O. The Bertz CT molecular complexity index is 682. The Hall–Kier alpha value is -1.65. The van der Waals surface area contributed by atoms with Crippen LogP contribution >= 0.6 is 23.2 Å². The van der Waals surface area contributed by atoms with Crippen LogP contribution in [0.5, 0.6) is 0 Å². The second-order valence-electron chi connectivity index (χ2n) is 3.44. The molecule has 3 aromatic rings. The van der Waals surface area contributed by atoms with E-state index in [1.807, 2.05) is 12.1 Å². The highest BCUT2D eigenvalue weighted by Crippen LogP contribution is 2.33. The van der Waals surface area contributed by atoms with Gasteiger partial charge in [-0.15, -0.1) is 5.10 Å². The summed E-state index contributed by atoms with van der Waals surface area (Å²) in [4.78, 5) is 4.27. The average molecular weight is 266 g/mol. The van der Waals surface area contributed by atoms with Gasteiger partial charge in [-0.05, 0) is 12.1 Å². The van der Waals surface area contributed by atoms with Crippen molar-refractivity contribution in [1.29, 1.82) is 0 Å². The van der Waals surface area contributed by atoms with Gasteiger partial charge in [0.25, 0.3) is 0 Å². The third-order valence-corrected chi connectivity index (χ3v) is 2.91. The van der Waals surface area contributed by atoms with Gasteiger partial charge in [-0.2, -0.15) is 0 Å². The molecule has 0 radical (unpaired) electrons. The van der Waals surface area contributed by atoms with E-state index in [0.717, 1.165) is 10.9 Å². The Morgan fingerprint density at radius 2 is 2.06 bits per heavy atom. The Kier molecular flexibility index (Phi) is 2.46. The number of benzene rings is 1. The molecule has 0 unspecified atom stereocenters. The number of hydrogen-bond acceptors (Lipinski definition) is 4. The van der Waals surface area contributed by atoms with Crippen molar-refractivity contribution in [3.05, 3.63) is 40.7 Å². The zero-order chi connectivity index (χ0) is 11.8. The molecular weight excluding hydrogens is 261 g/mol. The van der Waals surface area contributed by atoms with Crippen LogP contribution in [0.4, 0.5) is 0 Å². The summed E-state index contributed by atoms with van der Waals surface area (Å²) in [7, 11) is 0. The molecule has 0 bridgehead atoms. The van der Waals surface area contributed by atoms with Gasteiger partial charge in [-0.3, -0.25) is 4.98 Å². The normalized spacial score (nSPS) is 10.9. The van der Waals surface area contributed by atoms with Gasteiger partial charge in [-0.1, -0.05) is 29.3 Å². The monoisotopic (exact) mass is 265 g/mol. The Morgan fingerprint density at radius 1 is 1.18 bits per heavy atom. The quantitative estimate of drug-likeness (QED) is 0.675. The molecule has 3 rings (SSSR count). The van der Waals surface area contributed by atoms with Crippen molar-refractivity contribution >= 4 is 34.1 Å². The second kappa shape index (κ2) is 3.98. The highest BCUT2D eigenvalue weighted by Gasteiger charge is 2.13. The molecule has 0 atom stereocenters. The van der Waals surface area contributed by atoms with E-state index >= 15 is 0 Å². The van der Waals surface area contributed by atoms with Gasteiger partial charge in [0.05, 0.1) is 21.1 Å². The first-order chi connectivity index (χ1) is 8.25. The van der Waals surface area contributed by atoms with Crippen molar-refractivity contribution in [2.75, 3.05) is 0 Å². The SMILES string of the molecule is Clc1cnc2c(-c3conn3)c(Cl)ccc2c1. The lowest BCUT2D eigenvalue weighted by molar-refractivity contribution is 0.393. The molecule has 2 heterocycles. The van der Waals surface area contributed by atoms with Crippen LogP contribution in [0.1, 0.15) is 0 Å². The number of rotatable bonds is 1. The van der Waals surface area contributed by atoms with Gasteiger partial charge in [0, 0.05) is 16.9 Å². The summed E-state index contributed by atoms with van der Waals surface area (Å²) in [6, 6.07) is 5.44. The molecule has 4 nitrogen and oxygen atoms in total. The molecule has 0 aliphatic heterocycles. The van der Waals surface area contributed by atoms with Gasteiger partial charge in [-0.25, -0.2) is 0 Å². The molecule has 1 aromatic carbocycles. The van der Waals surface area contributed by atoms with E-state index in [4.69, 9.17) is 27.7 Å². The zero-order valence-corrected chi connectivity index (χ0v) is 9.90. The minimum absolute atomic E-state index is 0.544. The number of hydrogen-bond donors (Lipinski definition) is 0. The van der Waals surface area contributed by atoms with E-state index < -0.39 is 0 Å². The third kappa shape index (κ3) is 1.75. The highest BCUT2D eigenvalue weighted by molar-refractivity contribution is 6.35. The molecule has 0 aliphatic carbocycles. The number of halogens is 2. The van der Waals surface area contributed by atoms with Gasteiger partial charge in [0.2, 0.25) is 0 Å². The number of aromatic nitrogens is 3. The van der Waals surface area contributed by atoms with E-state index in [1.165, 1.54) is 6.26 Å². The van der Waals surface area contributed by atoms with Crippen LogP contribution in [0.2, 0.25) is 10.0 Å². The largest absolute Gasteiger partial charge is 0.345 e. The molecule has 6 heteroatoms. The van der Waals surface area contributed by atoms with Crippen molar-refractivity contribution in [3.63, 3.8) is 0 Å². The number of fused-ring (bicyclic) bond motifs is 1. The van der Waals surface area contributed by atoms with Gasteiger partial charge >= 0.3 is 0 Å². The predicted molar refractivity (Wildman–Crippen MR) is 65.1 cm³/mol.